The van der Waals surface area contributed by atoms with Gasteiger partial charge in [0, 0.05) is 0 Å². The smallest absolute Gasteiger partial charge is 0.276 e. The van der Waals surface area contributed by atoms with Crippen molar-refractivity contribution in [3.8, 4) is 5.75 Å². The van der Waals surface area contributed by atoms with Crippen LogP contribution < -0.4 is 20.4 Å². The predicted molar refractivity (Wildman–Crippen MR) is 83.9 cm³/mol. The topological polar surface area (TPSA) is 172 Å². The first-order valence-corrected chi connectivity index (χ1v) is 8.09. The predicted octanol–water partition coefficient (Wildman–Crippen LogP) is 0.490. The molecule has 140 valence electrons. The summed E-state index contributed by atoms with van der Waals surface area (Å²) < 4.78 is 36.7. The fourth-order valence-corrected chi connectivity index (χ4v) is 2.60. The Hall–Kier alpha value is -2.97. The molecule has 0 radical (unpaired) electrons. The first-order valence-electron chi connectivity index (χ1n) is 6.61. The van der Waals surface area contributed by atoms with E-state index in [0.29, 0.717) is 12.3 Å². The maximum absolute atomic E-state index is 12.8. The Morgan fingerprint density at radius 1 is 1.15 bits per heavy atom. The summed E-state index contributed by atoms with van der Waals surface area (Å²) in [5, 5.41) is 51.8. The molecule has 2 aromatic rings. The molecule has 0 bridgehead atoms. The van der Waals surface area contributed by atoms with Gasteiger partial charge in [-0.25, -0.2) is 9.22 Å². The molecule has 2 aromatic carbocycles. The minimum atomic E-state index is -4.16. The van der Waals surface area contributed by atoms with Gasteiger partial charge in [0.05, 0.1) is 22.5 Å². The summed E-state index contributed by atoms with van der Waals surface area (Å²) in [4.78, 5) is 1.46. The van der Waals surface area contributed by atoms with Crippen molar-refractivity contribution in [2.75, 3.05) is 10.5 Å². The number of hydrazone groups is 1. The molecule has 0 aromatic heterocycles. The normalized spacial score (nSPS) is 11.6. The molecule has 4 N–H and O–H groups in total. The summed E-state index contributed by atoms with van der Waals surface area (Å²) in [5.74, 6) is -1.66. The van der Waals surface area contributed by atoms with Gasteiger partial charge < -0.3 is 15.5 Å². The highest BCUT2D eigenvalue weighted by Crippen LogP contribution is 2.31. The second kappa shape index (κ2) is 7.51. The lowest BCUT2D eigenvalue weighted by Gasteiger charge is -2.26. The average Bonchev–Trinajstić information content (AvgIpc) is 2.56. The zero-order valence-corrected chi connectivity index (χ0v) is 13.5. The van der Waals surface area contributed by atoms with Crippen LogP contribution >= 0.6 is 0 Å². The van der Waals surface area contributed by atoms with Crippen LogP contribution in [0.25, 0.3) is 0 Å². The van der Waals surface area contributed by atoms with Crippen molar-refractivity contribution >= 4 is 27.6 Å². The zero-order valence-electron chi connectivity index (χ0n) is 12.6. The van der Waals surface area contributed by atoms with Crippen LogP contribution in [-0.4, -0.2) is 30.3 Å². The molecule has 0 atom stereocenters. The zero-order chi connectivity index (χ0) is 19.5. The van der Waals surface area contributed by atoms with Crippen molar-refractivity contribution in [1.29, 1.82) is 0 Å². The van der Waals surface area contributed by atoms with Crippen LogP contribution in [0.1, 0.15) is 5.56 Å². The van der Waals surface area contributed by atoms with E-state index in [1.54, 1.807) is 4.83 Å². The van der Waals surface area contributed by atoms with Crippen LogP contribution in [0, 0.1) is 11.0 Å². The van der Waals surface area contributed by atoms with E-state index in [0.717, 1.165) is 30.3 Å². The Morgan fingerprint density at radius 2 is 1.77 bits per heavy atom. The molecule has 0 aliphatic rings. The Bertz CT molecular complexity index is 917. The second-order valence-electron chi connectivity index (χ2n) is 4.75. The van der Waals surface area contributed by atoms with E-state index in [4.69, 9.17) is 15.6 Å². The number of halogens is 1. The number of sulfonamides is 1. The summed E-state index contributed by atoms with van der Waals surface area (Å²) in [6.07, 6.45) is 0.684. The highest BCUT2D eigenvalue weighted by molar-refractivity contribution is 7.89. The molecule has 0 saturated carbocycles. The Labute approximate surface area is 146 Å². The minimum absolute atomic E-state index is 0.300. The molecule has 2 rings (SSSR count). The van der Waals surface area contributed by atoms with Crippen LogP contribution in [0.5, 0.6) is 5.75 Å². The molecule has 26 heavy (non-hydrogen) atoms. The van der Waals surface area contributed by atoms with Gasteiger partial charge in [0.25, 0.3) is 10.0 Å². The van der Waals surface area contributed by atoms with Crippen molar-refractivity contribution in [2.45, 2.75) is 4.90 Å². The van der Waals surface area contributed by atoms with Crippen molar-refractivity contribution < 1.29 is 33.5 Å². The molecule has 0 spiro atoms. The van der Waals surface area contributed by atoms with Gasteiger partial charge >= 0.3 is 0 Å². The van der Waals surface area contributed by atoms with E-state index in [-0.39, 0.29) is 4.90 Å². The SMILES string of the molecule is O=S(=O)(N/N=C\c1cc(N([O-])O)cc(N(O)O)c1[O-])c1ccc(F)cc1. The first kappa shape index (κ1) is 19.4. The number of rotatable bonds is 6. The summed E-state index contributed by atoms with van der Waals surface area (Å²) in [7, 11) is -4.16. The van der Waals surface area contributed by atoms with E-state index in [9.17, 15) is 23.1 Å². The number of hydrogen-bond donors (Lipinski definition) is 4. The Morgan fingerprint density at radius 3 is 2.31 bits per heavy atom. The molecule has 0 unspecified atom stereocenters. The highest BCUT2D eigenvalue weighted by atomic mass is 32.2. The molecular weight excluding hydrogens is 375 g/mol. The van der Waals surface area contributed by atoms with Crippen molar-refractivity contribution in [1.82, 2.24) is 4.83 Å². The molecule has 0 heterocycles. The van der Waals surface area contributed by atoms with E-state index >= 15 is 0 Å². The summed E-state index contributed by atoms with van der Waals surface area (Å²) in [6, 6.07) is 5.33. The molecule has 13 heteroatoms. The Kier molecular flexibility index (Phi) is 5.59. The monoisotopic (exact) mass is 386 g/mol. The van der Waals surface area contributed by atoms with Gasteiger partial charge in [0.15, 0.2) is 0 Å². The van der Waals surface area contributed by atoms with Crippen molar-refractivity contribution in [3.05, 3.63) is 53.0 Å². The average molecular weight is 386 g/mol. The van der Waals surface area contributed by atoms with Crippen molar-refractivity contribution in [3.63, 3.8) is 0 Å². The number of benzene rings is 2. The van der Waals surface area contributed by atoms with Crippen molar-refractivity contribution in [2.24, 2.45) is 5.10 Å². The van der Waals surface area contributed by atoms with E-state index in [2.05, 4.69) is 5.10 Å². The van der Waals surface area contributed by atoms with Crippen LogP contribution in [-0.2, 0) is 10.0 Å². The lowest BCUT2D eigenvalue weighted by molar-refractivity contribution is -0.268. The number of anilines is 2. The van der Waals surface area contributed by atoms with E-state index in [1.807, 2.05) is 0 Å². The number of hydrogen-bond acceptors (Lipinski definition) is 10. The molecule has 0 aliphatic heterocycles. The van der Waals surface area contributed by atoms with E-state index < -0.39 is 49.0 Å². The van der Waals surface area contributed by atoms with Gasteiger partial charge in [-0.2, -0.15) is 13.5 Å². The molecular formula is C13H11FN4O7S-2. The summed E-state index contributed by atoms with van der Waals surface area (Å²) >= 11 is 0. The maximum atomic E-state index is 12.8. The second-order valence-corrected chi connectivity index (χ2v) is 6.41. The maximum Gasteiger partial charge on any atom is 0.276 e. The third-order valence-electron chi connectivity index (χ3n) is 3.02. The quantitative estimate of drug-likeness (QED) is 0.407. The highest BCUT2D eigenvalue weighted by Gasteiger charge is 2.13. The lowest BCUT2D eigenvalue weighted by Crippen LogP contribution is -2.19. The number of nitrogens with one attached hydrogen (secondary N) is 1. The van der Waals surface area contributed by atoms with Gasteiger partial charge in [-0.3, -0.25) is 15.6 Å². The first-order chi connectivity index (χ1) is 12.1. The summed E-state index contributed by atoms with van der Waals surface area (Å²) in [5.41, 5.74) is -1.78. The minimum Gasteiger partial charge on any atom is -0.870 e. The fraction of sp³-hybridized carbons (Fsp3) is 0. The molecule has 0 fully saturated rings. The van der Waals surface area contributed by atoms with Gasteiger partial charge in [-0.1, -0.05) is 5.75 Å². The van der Waals surface area contributed by atoms with E-state index in [1.165, 1.54) is 0 Å². The number of nitrogens with zero attached hydrogens (tertiary/aromatic N) is 3. The van der Waals surface area contributed by atoms with Gasteiger partial charge in [0.1, 0.15) is 5.82 Å². The molecule has 0 aliphatic carbocycles. The van der Waals surface area contributed by atoms with Crippen LogP contribution in [0.4, 0.5) is 15.8 Å². The van der Waals surface area contributed by atoms with Crippen LogP contribution in [0.2, 0.25) is 0 Å². The molecule has 11 nitrogen and oxygen atoms in total. The lowest BCUT2D eigenvalue weighted by atomic mass is 10.1. The van der Waals surface area contributed by atoms with Gasteiger partial charge in [0.2, 0.25) is 0 Å². The summed E-state index contributed by atoms with van der Waals surface area (Å²) in [6.45, 7) is 0. The third kappa shape index (κ3) is 4.35. The van der Waals surface area contributed by atoms with Gasteiger partial charge in [-0.05, 0) is 42.0 Å². The largest absolute Gasteiger partial charge is 0.870 e. The van der Waals surface area contributed by atoms with Crippen LogP contribution in [0.3, 0.4) is 0 Å². The standard InChI is InChI=1S/C13H12FN4O7S/c14-9-1-3-11(4-2-9)26(24,25)16-15-7-8-5-10(17(20)21)6-12(13(8)19)18(22)23/h1-7,16,19-20,22-23H/q-1/p-1/b15-7-. The van der Waals surface area contributed by atoms with Crippen LogP contribution in [0.15, 0.2) is 46.4 Å². The Balaban J connectivity index is 2.31. The third-order valence-corrected chi connectivity index (χ3v) is 4.26. The molecule has 0 saturated heterocycles. The van der Waals surface area contributed by atoms with Gasteiger partial charge in [-0.15, -0.1) is 5.23 Å². The molecule has 0 amide bonds. The fourth-order valence-electron chi connectivity index (χ4n) is 1.81.